The Labute approximate surface area is 365 Å². The largest absolute Gasteiger partial charge is 0.355 e. The molecule has 0 spiro atoms. The third kappa shape index (κ3) is 8.11. The first-order valence-corrected chi connectivity index (χ1v) is 22.7. The smallest absolute Gasteiger partial charge is 0.186 e. The van der Waals surface area contributed by atoms with Gasteiger partial charge in [-0.1, -0.05) is 91.0 Å². The molecule has 0 radical (unpaired) electrons. The number of thioether (sulfide) groups is 1. The summed E-state index contributed by atoms with van der Waals surface area (Å²) in [6, 6.07) is 22.5. The molecule has 0 aliphatic carbocycles. The molecule has 6 aromatic rings. The lowest BCUT2D eigenvalue weighted by molar-refractivity contribution is -0.109. The van der Waals surface area contributed by atoms with Crippen molar-refractivity contribution in [2.45, 2.75) is 107 Å². The molecule has 5 nitrogen and oxygen atoms in total. The third-order valence-corrected chi connectivity index (χ3v) is 13.4. The van der Waals surface area contributed by atoms with Crippen molar-refractivity contribution in [1.29, 1.82) is 0 Å². The van der Waals surface area contributed by atoms with E-state index in [2.05, 4.69) is 164 Å². The number of nitrogens with one attached hydrogen (secondary N) is 2. The van der Waals surface area contributed by atoms with Crippen LogP contribution >= 0.6 is 11.8 Å². The molecule has 0 fully saturated rings. The number of aromatic nitrogens is 4. The molecule has 61 heavy (non-hydrogen) atoms. The first-order valence-electron chi connectivity index (χ1n) is 21.8. The molecule has 310 valence electrons. The van der Waals surface area contributed by atoms with Crippen LogP contribution in [0.5, 0.6) is 0 Å². The van der Waals surface area contributed by atoms with E-state index in [0.29, 0.717) is 0 Å². The van der Waals surface area contributed by atoms with Gasteiger partial charge in [0.15, 0.2) is 5.12 Å². The summed E-state index contributed by atoms with van der Waals surface area (Å²) in [4.78, 5) is 32.2. The first kappa shape index (κ1) is 42.0. The number of rotatable bonds is 9. The number of unbranched alkanes of at least 4 members (excludes halogenated alkanes) is 2. The summed E-state index contributed by atoms with van der Waals surface area (Å²) in [6.45, 7) is 23.7. The maximum absolute atomic E-state index is 13.1. The van der Waals surface area contributed by atoms with Crippen LogP contribution in [-0.4, -0.2) is 25.1 Å². The minimum absolute atomic E-state index is 0.0892. The summed E-state index contributed by atoms with van der Waals surface area (Å²) >= 11 is 1.42. The number of H-pyrrole nitrogens is 2. The van der Waals surface area contributed by atoms with Gasteiger partial charge in [0.05, 0.1) is 22.8 Å². The molecule has 3 aromatic heterocycles. The van der Waals surface area contributed by atoms with Gasteiger partial charge in [-0.15, -0.1) is 0 Å². The molecule has 2 aliphatic rings. The highest BCUT2D eigenvalue weighted by Crippen LogP contribution is 2.44. The lowest BCUT2D eigenvalue weighted by Crippen LogP contribution is -2.02. The fraction of sp³-hybridized carbons (Fsp3) is 0.291. The van der Waals surface area contributed by atoms with Gasteiger partial charge in [-0.25, -0.2) is 9.97 Å². The lowest BCUT2D eigenvalue weighted by atomic mass is 9.92. The number of benzene rings is 3. The Morgan fingerprint density at radius 1 is 0.508 bits per heavy atom. The number of carbonyl (C=O) groups excluding carboxylic acids is 1. The molecule has 3 aromatic carbocycles. The van der Waals surface area contributed by atoms with E-state index < -0.39 is 0 Å². The Morgan fingerprint density at radius 2 is 0.852 bits per heavy atom. The number of nitrogens with zero attached hydrogens (tertiary/aromatic N) is 2. The maximum Gasteiger partial charge on any atom is 0.186 e. The molecule has 2 N–H and O–H groups in total. The van der Waals surface area contributed by atoms with Gasteiger partial charge in [-0.3, -0.25) is 4.79 Å². The van der Waals surface area contributed by atoms with Crippen LogP contribution in [-0.2, 0) is 4.79 Å². The third-order valence-electron chi connectivity index (χ3n) is 12.3. The molecule has 0 amide bonds. The fourth-order valence-corrected chi connectivity index (χ4v) is 11.2. The van der Waals surface area contributed by atoms with Gasteiger partial charge in [0.25, 0.3) is 0 Å². The molecule has 2 aliphatic heterocycles. The zero-order chi connectivity index (χ0) is 43.3. The summed E-state index contributed by atoms with van der Waals surface area (Å²) in [5.74, 6) is 0. The topological polar surface area (TPSA) is 74.4 Å². The van der Waals surface area contributed by atoms with Crippen molar-refractivity contribution in [2.24, 2.45) is 0 Å². The maximum atomic E-state index is 13.1. The molecule has 0 saturated heterocycles. The monoisotopic (exact) mass is 822 g/mol. The van der Waals surface area contributed by atoms with Crippen LogP contribution < -0.4 is 0 Å². The highest BCUT2D eigenvalue weighted by atomic mass is 32.2. The Morgan fingerprint density at radius 3 is 1.23 bits per heavy atom. The predicted molar refractivity (Wildman–Crippen MR) is 263 cm³/mol. The molecule has 8 bridgehead atoms. The van der Waals surface area contributed by atoms with Crippen molar-refractivity contribution >= 4 is 63.2 Å². The van der Waals surface area contributed by atoms with Crippen LogP contribution in [0.4, 0.5) is 0 Å². The van der Waals surface area contributed by atoms with Crippen molar-refractivity contribution in [3.8, 4) is 33.4 Å². The Bertz CT molecular complexity index is 2870. The lowest BCUT2D eigenvalue weighted by Gasteiger charge is -2.17. The van der Waals surface area contributed by atoms with Gasteiger partial charge in [0, 0.05) is 56.5 Å². The van der Waals surface area contributed by atoms with Gasteiger partial charge < -0.3 is 9.97 Å². The van der Waals surface area contributed by atoms with E-state index in [1.54, 1.807) is 6.92 Å². The molecular formula is C55H58N4OS. The van der Waals surface area contributed by atoms with E-state index in [1.165, 1.54) is 78.5 Å². The zero-order valence-electron chi connectivity index (χ0n) is 37.7. The van der Waals surface area contributed by atoms with E-state index in [-0.39, 0.29) is 10.4 Å². The van der Waals surface area contributed by atoms with E-state index in [4.69, 9.17) is 9.97 Å². The molecule has 0 saturated carbocycles. The number of hydrogen-bond acceptors (Lipinski definition) is 4. The first-order chi connectivity index (χ1) is 29.2. The predicted octanol–water partition coefficient (Wildman–Crippen LogP) is 15.3. The van der Waals surface area contributed by atoms with E-state index in [9.17, 15) is 4.79 Å². The van der Waals surface area contributed by atoms with Crippen LogP contribution in [0.3, 0.4) is 0 Å². The molecule has 1 unspecified atom stereocenters. The summed E-state index contributed by atoms with van der Waals surface area (Å²) in [6.07, 6.45) is 12.8. The van der Waals surface area contributed by atoms with Crippen molar-refractivity contribution in [1.82, 2.24) is 19.9 Å². The molecule has 1 atom stereocenters. The van der Waals surface area contributed by atoms with Crippen molar-refractivity contribution in [3.05, 3.63) is 139 Å². The summed E-state index contributed by atoms with van der Waals surface area (Å²) < 4.78 is 0. The average Bonchev–Trinajstić information content (AvgIpc) is 4.01. The highest BCUT2D eigenvalue weighted by molar-refractivity contribution is 8.13. The normalized spacial score (nSPS) is 12.7. The minimum atomic E-state index is -0.0892. The molecule has 6 heteroatoms. The molecular weight excluding hydrogens is 765 g/mol. The van der Waals surface area contributed by atoms with Gasteiger partial charge in [-0.05, 0) is 167 Å². The van der Waals surface area contributed by atoms with Crippen molar-refractivity contribution in [2.75, 3.05) is 0 Å². The summed E-state index contributed by atoms with van der Waals surface area (Å²) in [5, 5.41) is 0.0169. The Kier molecular flexibility index (Phi) is 11.7. The number of carbonyl (C=O) groups is 1. The van der Waals surface area contributed by atoms with Crippen LogP contribution in [0.1, 0.15) is 123 Å². The van der Waals surface area contributed by atoms with Crippen molar-refractivity contribution in [3.63, 3.8) is 0 Å². The van der Waals surface area contributed by atoms with Crippen molar-refractivity contribution < 1.29 is 4.79 Å². The van der Waals surface area contributed by atoms with Gasteiger partial charge in [-0.2, -0.15) is 0 Å². The quantitative estimate of drug-likeness (QED) is 0.142. The summed E-state index contributed by atoms with van der Waals surface area (Å²) in [5.41, 5.74) is 26.2. The average molecular weight is 823 g/mol. The van der Waals surface area contributed by atoms with E-state index in [0.717, 1.165) is 92.8 Å². The second kappa shape index (κ2) is 17.0. The van der Waals surface area contributed by atoms with E-state index in [1.807, 2.05) is 0 Å². The zero-order valence-corrected chi connectivity index (χ0v) is 38.5. The molecule has 5 heterocycles. The summed E-state index contributed by atoms with van der Waals surface area (Å²) in [7, 11) is 0. The van der Waals surface area contributed by atoms with Crippen LogP contribution in [0.15, 0.2) is 60.7 Å². The number of fused-ring (bicyclic) bond motifs is 8. The Balaban J connectivity index is 1.61. The van der Waals surface area contributed by atoms with E-state index >= 15 is 0 Å². The Hall–Kier alpha value is -5.72. The second-order valence-electron chi connectivity index (χ2n) is 17.5. The van der Waals surface area contributed by atoms with Gasteiger partial charge in [0.1, 0.15) is 0 Å². The SMILES string of the molecule is CCCCCC(SC(C)=O)c1c2nc(c(-c3c(C)cc(C)cc3C)c3ccc([nH]3)c(-c3c(C)cc(C)cc3C)c3nc(c(-c4c(C)cc(C)cc4C)c4ccc1[nH]4)C=C3)C=C2. The number of aryl methyl sites for hydroxylation is 9. The minimum Gasteiger partial charge on any atom is -0.355 e. The highest BCUT2D eigenvalue weighted by Gasteiger charge is 2.25. The van der Waals surface area contributed by atoms with Crippen LogP contribution in [0.25, 0.3) is 79.8 Å². The molecule has 8 rings (SSSR count). The van der Waals surface area contributed by atoms with Crippen LogP contribution in [0, 0.1) is 62.3 Å². The number of aromatic amines is 2. The fourth-order valence-electron chi connectivity index (χ4n) is 10.1. The standard InChI is InChI=1S/C55H58N4OS/c1-12-13-14-15-48(61-39(11)60)52-40-16-18-42(56-40)53(49-33(5)24-30(2)25-34(49)6)44-20-22-46(58-44)55(51-37(9)28-32(4)29-38(51)10)47-23-21-45(59-47)54(43-19-17-41(52)57-43)50-35(7)26-31(3)27-36(50)8/h16-29,48,56,59H,12-15H2,1-11H3. The van der Waals surface area contributed by atoms with Gasteiger partial charge in [0.2, 0.25) is 0 Å². The second-order valence-corrected chi connectivity index (χ2v) is 18.8. The van der Waals surface area contributed by atoms with Gasteiger partial charge >= 0.3 is 0 Å². The van der Waals surface area contributed by atoms with Crippen LogP contribution in [0.2, 0.25) is 0 Å². The number of hydrogen-bond donors (Lipinski definition) is 2.